The summed E-state index contributed by atoms with van der Waals surface area (Å²) in [6.45, 7) is 0.283. The molecule has 0 aliphatic rings. The normalized spacial score (nSPS) is 10.9. The molecule has 1 amide bonds. The number of methoxy groups -OCH3 is 1. The number of carbonyl (C=O) groups excluding carboxylic acids is 1. The van der Waals surface area contributed by atoms with Crippen molar-refractivity contribution in [2.24, 2.45) is 0 Å². The molecule has 0 N–H and O–H groups in total. The number of carbonyl (C=O) groups is 1. The second-order valence-electron chi connectivity index (χ2n) is 5.82. The number of ether oxygens (including phenoxy) is 2. The van der Waals surface area contributed by atoms with E-state index < -0.39 is 0 Å². The molecule has 2 aromatic carbocycles. The van der Waals surface area contributed by atoms with Crippen LogP contribution in [-0.2, 0) is 11.4 Å². The lowest BCUT2D eigenvalue weighted by Crippen LogP contribution is -2.22. The molecule has 0 aliphatic carbocycles. The summed E-state index contributed by atoms with van der Waals surface area (Å²) in [7, 11) is 4.70. The number of halogens is 2. The van der Waals surface area contributed by atoms with E-state index in [1.54, 1.807) is 44.4 Å². The summed E-state index contributed by atoms with van der Waals surface area (Å²) in [5.41, 5.74) is 1.55. The molecule has 0 fully saturated rings. The van der Waals surface area contributed by atoms with E-state index in [2.05, 4.69) is 0 Å². The van der Waals surface area contributed by atoms with E-state index in [1.165, 1.54) is 18.1 Å². The highest BCUT2D eigenvalue weighted by Gasteiger charge is 2.12. The number of likely N-dealkylation sites (N-methyl/N-ethyl adjacent to an activating group) is 1. The Morgan fingerprint density at radius 2 is 1.89 bits per heavy atom. The number of amides is 1. The Bertz CT molecular complexity index is 918. The zero-order valence-corrected chi connectivity index (χ0v) is 16.6. The third-order valence-electron chi connectivity index (χ3n) is 3.63. The first-order valence-electron chi connectivity index (χ1n) is 7.94. The van der Waals surface area contributed by atoms with Crippen molar-refractivity contribution >= 4 is 35.2 Å². The Labute approximate surface area is 168 Å². The van der Waals surface area contributed by atoms with E-state index in [1.807, 2.05) is 12.1 Å². The summed E-state index contributed by atoms with van der Waals surface area (Å²) in [4.78, 5) is 13.3. The van der Waals surface area contributed by atoms with Crippen molar-refractivity contribution in [1.82, 2.24) is 4.90 Å². The minimum atomic E-state index is -0.364. The molecular weight excluding hydrogens is 387 g/mol. The highest BCUT2D eigenvalue weighted by Crippen LogP contribution is 2.30. The minimum Gasteiger partial charge on any atom is -0.493 e. The first-order valence-corrected chi connectivity index (χ1v) is 8.69. The lowest BCUT2D eigenvalue weighted by atomic mass is 10.1. The van der Waals surface area contributed by atoms with Gasteiger partial charge in [-0.05, 0) is 41.5 Å². The Balaban J connectivity index is 2.21. The molecule has 0 saturated carbocycles. The van der Waals surface area contributed by atoms with Crippen LogP contribution >= 0.6 is 23.2 Å². The minimum absolute atomic E-state index is 0.0338. The van der Waals surface area contributed by atoms with E-state index in [-0.39, 0.29) is 18.1 Å². The highest BCUT2D eigenvalue weighted by atomic mass is 35.5. The van der Waals surface area contributed by atoms with Gasteiger partial charge in [0.1, 0.15) is 18.2 Å². The second kappa shape index (κ2) is 9.31. The molecule has 2 aromatic rings. The van der Waals surface area contributed by atoms with Crippen LogP contribution in [-0.4, -0.2) is 32.0 Å². The van der Waals surface area contributed by atoms with Crippen molar-refractivity contribution in [3.05, 3.63) is 63.1 Å². The van der Waals surface area contributed by atoms with Crippen LogP contribution in [0.1, 0.15) is 11.1 Å². The smallest absolute Gasteiger partial charge is 0.264 e. The fourth-order valence-corrected chi connectivity index (χ4v) is 2.55. The van der Waals surface area contributed by atoms with Gasteiger partial charge in [-0.3, -0.25) is 4.79 Å². The van der Waals surface area contributed by atoms with E-state index in [0.717, 1.165) is 5.56 Å². The summed E-state index contributed by atoms with van der Waals surface area (Å²) >= 11 is 11.9. The van der Waals surface area contributed by atoms with Crippen LogP contribution in [0.5, 0.6) is 11.5 Å². The molecule has 0 aliphatic heterocycles. The topological polar surface area (TPSA) is 62.6 Å². The van der Waals surface area contributed by atoms with Gasteiger partial charge in [0.25, 0.3) is 5.91 Å². The largest absolute Gasteiger partial charge is 0.493 e. The van der Waals surface area contributed by atoms with Gasteiger partial charge in [-0.15, -0.1) is 0 Å². The average Bonchev–Trinajstić information content (AvgIpc) is 2.66. The lowest BCUT2D eigenvalue weighted by Gasteiger charge is -2.12. The number of benzene rings is 2. The average molecular weight is 405 g/mol. The van der Waals surface area contributed by atoms with Crippen molar-refractivity contribution < 1.29 is 14.3 Å². The zero-order chi connectivity index (χ0) is 20.0. The van der Waals surface area contributed by atoms with E-state index in [9.17, 15) is 10.1 Å². The van der Waals surface area contributed by atoms with Gasteiger partial charge in [-0.2, -0.15) is 5.26 Å². The SMILES string of the molecule is COc1cc(/C=C(/C#N)C(=O)N(C)C)ccc1OCc1ccc(Cl)c(Cl)c1. The third-order valence-corrected chi connectivity index (χ3v) is 4.37. The molecule has 0 atom stereocenters. The summed E-state index contributed by atoms with van der Waals surface area (Å²) in [5, 5.41) is 10.1. The molecule has 2 rings (SSSR count). The maximum Gasteiger partial charge on any atom is 0.264 e. The summed E-state index contributed by atoms with van der Waals surface area (Å²) in [6, 6.07) is 12.3. The molecule has 0 bridgehead atoms. The van der Waals surface area contributed by atoms with Gasteiger partial charge in [0.05, 0.1) is 17.2 Å². The molecular formula is C20H18Cl2N2O3. The van der Waals surface area contributed by atoms with Crippen LogP contribution < -0.4 is 9.47 Å². The molecule has 5 nitrogen and oxygen atoms in total. The summed E-state index contributed by atoms with van der Waals surface area (Å²) in [6.07, 6.45) is 1.51. The van der Waals surface area contributed by atoms with Crippen molar-refractivity contribution in [1.29, 1.82) is 5.26 Å². The van der Waals surface area contributed by atoms with Gasteiger partial charge < -0.3 is 14.4 Å². The standard InChI is InChI=1S/C20H18Cl2N2O3/c1-24(2)20(25)15(11-23)8-13-5-7-18(19(10-13)26-3)27-12-14-4-6-16(21)17(22)9-14/h4-10H,12H2,1-3H3/b15-8-. The summed E-state index contributed by atoms with van der Waals surface area (Å²) in [5.74, 6) is 0.646. The first-order chi connectivity index (χ1) is 12.8. The van der Waals surface area contributed by atoms with E-state index in [0.29, 0.717) is 27.1 Å². The molecule has 0 heterocycles. The van der Waals surface area contributed by atoms with E-state index >= 15 is 0 Å². The predicted octanol–water partition coefficient (Wildman–Crippen LogP) is 4.58. The van der Waals surface area contributed by atoms with Crippen molar-refractivity contribution in [2.75, 3.05) is 21.2 Å². The van der Waals surface area contributed by atoms with Gasteiger partial charge in [-0.1, -0.05) is 35.3 Å². The fourth-order valence-electron chi connectivity index (χ4n) is 2.23. The van der Waals surface area contributed by atoms with Crippen LogP contribution in [0.4, 0.5) is 0 Å². The second-order valence-corrected chi connectivity index (χ2v) is 6.63. The van der Waals surface area contributed by atoms with E-state index in [4.69, 9.17) is 32.7 Å². The van der Waals surface area contributed by atoms with Crippen LogP contribution in [0, 0.1) is 11.3 Å². The van der Waals surface area contributed by atoms with Gasteiger partial charge in [0, 0.05) is 14.1 Å². The highest BCUT2D eigenvalue weighted by molar-refractivity contribution is 6.42. The Morgan fingerprint density at radius 3 is 2.48 bits per heavy atom. The van der Waals surface area contributed by atoms with Crippen molar-refractivity contribution in [3.8, 4) is 17.6 Å². The quantitative estimate of drug-likeness (QED) is 0.522. The summed E-state index contributed by atoms with van der Waals surface area (Å²) < 4.78 is 11.2. The molecule has 0 radical (unpaired) electrons. The van der Waals surface area contributed by atoms with Crippen LogP contribution in [0.15, 0.2) is 42.0 Å². The van der Waals surface area contributed by atoms with Crippen LogP contribution in [0.25, 0.3) is 6.08 Å². The number of hydrogen-bond acceptors (Lipinski definition) is 4. The monoisotopic (exact) mass is 404 g/mol. The molecule has 7 heteroatoms. The fraction of sp³-hybridized carbons (Fsp3) is 0.200. The maximum atomic E-state index is 12.0. The maximum absolute atomic E-state index is 12.0. The molecule has 0 unspecified atom stereocenters. The molecule has 140 valence electrons. The number of hydrogen-bond donors (Lipinski definition) is 0. The van der Waals surface area contributed by atoms with Gasteiger partial charge in [0.2, 0.25) is 0 Å². The third kappa shape index (κ3) is 5.40. The first kappa shape index (κ1) is 20.6. The predicted molar refractivity (Wildman–Crippen MR) is 106 cm³/mol. The number of rotatable bonds is 6. The number of nitriles is 1. The number of nitrogens with zero attached hydrogens (tertiary/aromatic N) is 2. The molecule has 27 heavy (non-hydrogen) atoms. The van der Waals surface area contributed by atoms with Crippen molar-refractivity contribution in [2.45, 2.75) is 6.61 Å². The zero-order valence-electron chi connectivity index (χ0n) is 15.1. The molecule has 0 saturated heterocycles. The van der Waals surface area contributed by atoms with Gasteiger partial charge in [0.15, 0.2) is 11.5 Å². The van der Waals surface area contributed by atoms with Gasteiger partial charge >= 0.3 is 0 Å². The lowest BCUT2D eigenvalue weighted by molar-refractivity contribution is -0.124. The van der Waals surface area contributed by atoms with Crippen molar-refractivity contribution in [3.63, 3.8) is 0 Å². The van der Waals surface area contributed by atoms with Crippen LogP contribution in [0.2, 0.25) is 10.0 Å². The Kier molecular flexibility index (Phi) is 7.12. The molecule has 0 aromatic heterocycles. The van der Waals surface area contributed by atoms with Gasteiger partial charge in [-0.25, -0.2) is 0 Å². The van der Waals surface area contributed by atoms with Crippen LogP contribution in [0.3, 0.4) is 0 Å². The Morgan fingerprint density at radius 1 is 1.15 bits per heavy atom. The molecule has 0 spiro atoms. The Hall–Kier alpha value is -2.68.